The molecule has 0 aliphatic carbocycles. The van der Waals surface area contributed by atoms with Gasteiger partial charge in [0.15, 0.2) is 0 Å². The van der Waals surface area contributed by atoms with E-state index in [0.29, 0.717) is 6.61 Å². The molecule has 2 aromatic carbocycles. The Morgan fingerprint density at radius 3 is 2.19 bits per heavy atom. The monoisotopic (exact) mass is 296 g/mol. The molecule has 0 N–H and O–H groups in total. The average Bonchev–Trinajstić information content (AvgIpc) is 2.52. The average molecular weight is 296 g/mol. The van der Waals surface area contributed by atoms with Crippen LogP contribution < -0.4 is 5.19 Å². The lowest BCUT2D eigenvalue weighted by molar-refractivity contribution is 0.125. The first kappa shape index (κ1) is 15.7. The molecule has 0 aliphatic rings. The van der Waals surface area contributed by atoms with Gasteiger partial charge in [0.05, 0.1) is 13.2 Å². The molecule has 21 heavy (non-hydrogen) atoms. The fraction of sp³-hybridized carbons (Fsp3) is 0.263. The first-order valence-corrected chi connectivity index (χ1v) is 10.6. The minimum absolute atomic E-state index is 0.703. The molecule has 0 aromatic heterocycles. The van der Waals surface area contributed by atoms with Gasteiger partial charge in [-0.2, -0.15) is 0 Å². The van der Waals surface area contributed by atoms with E-state index < -0.39 is 8.07 Å². The summed E-state index contributed by atoms with van der Waals surface area (Å²) in [7, 11) is -1.44. The molecule has 0 heterocycles. The van der Waals surface area contributed by atoms with Crippen molar-refractivity contribution in [2.45, 2.75) is 26.1 Å². The fourth-order valence-electron chi connectivity index (χ4n) is 2.26. The van der Waals surface area contributed by atoms with E-state index in [1.54, 1.807) is 0 Å². The summed E-state index contributed by atoms with van der Waals surface area (Å²) >= 11 is 0. The van der Waals surface area contributed by atoms with Gasteiger partial charge >= 0.3 is 0 Å². The van der Waals surface area contributed by atoms with Gasteiger partial charge in [-0.3, -0.25) is 0 Å². The molecule has 2 aromatic rings. The highest BCUT2D eigenvalue weighted by Gasteiger charge is 2.18. The lowest BCUT2D eigenvalue weighted by Crippen LogP contribution is -2.39. The van der Waals surface area contributed by atoms with Gasteiger partial charge in [0, 0.05) is 0 Å². The smallest absolute Gasteiger partial charge is 0.103 e. The first-order chi connectivity index (χ1) is 10.2. The first-order valence-electron chi connectivity index (χ1n) is 7.53. The molecule has 0 aliphatic heterocycles. The molecule has 0 saturated heterocycles. The summed E-state index contributed by atoms with van der Waals surface area (Å²) in [6.07, 6.45) is 3.26. The Morgan fingerprint density at radius 2 is 1.52 bits per heavy atom. The lowest BCUT2D eigenvalue weighted by atomic mass is 10.2. The number of hydrogen-bond acceptors (Lipinski definition) is 1. The second kappa shape index (κ2) is 7.96. The molecule has 0 amide bonds. The minimum Gasteiger partial charge on any atom is -0.376 e. The zero-order valence-electron chi connectivity index (χ0n) is 13.0. The summed E-state index contributed by atoms with van der Waals surface area (Å²) in [6.45, 7) is 6.24. The highest BCUT2D eigenvalue weighted by molar-refractivity contribution is 6.93. The van der Waals surface area contributed by atoms with Crippen LogP contribution in [0.3, 0.4) is 0 Å². The Bertz CT molecular complexity index is 546. The zero-order valence-corrected chi connectivity index (χ0v) is 14.0. The van der Waals surface area contributed by atoms with E-state index in [2.05, 4.69) is 67.3 Å². The van der Waals surface area contributed by atoms with E-state index in [9.17, 15) is 0 Å². The van der Waals surface area contributed by atoms with Crippen molar-refractivity contribution in [3.8, 4) is 0 Å². The van der Waals surface area contributed by atoms with Gasteiger partial charge < -0.3 is 4.74 Å². The summed E-state index contributed by atoms with van der Waals surface area (Å²) in [6, 6.07) is 21.1. The van der Waals surface area contributed by atoms with Crippen LogP contribution in [-0.2, 0) is 11.3 Å². The van der Waals surface area contributed by atoms with E-state index in [1.165, 1.54) is 10.8 Å². The summed E-state index contributed by atoms with van der Waals surface area (Å²) in [4.78, 5) is 0. The number of rotatable bonds is 7. The standard InChI is InChI=1S/C19H24OSi/c1-21(2,19-13-7-4-8-14-19)16-10-9-15-20-17-18-11-5-3-6-12-18/h3-8,10-14,16H,9,15,17H2,1-2H3/b16-10+. The molecule has 0 spiro atoms. The van der Waals surface area contributed by atoms with Gasteiger partial charge in [0.1, 0.15) is 8.07 Å². The highest BCUT2D eigenvalue weighted by atomic mass is 28.3. The Hall–Kier alpha value is -1.64. The molecule has 0 unspecified atom stereocenters. The van der Waals surface area contributed by atoms with Crippen molar-refractivity contribution in [1.82, 2.24) is 0 Å². The summed E-state index contributed by atoms with van der Waals surface area (Å²) in [5, 5.41) is 1.48. The lowest BCUT2D eigenvalue weighted by Gasteiger charge is -2.18. The summed E-state index contributed by atoms with van der Waals surface area (Å²) < 4.78 is 5.70. The van der Waals surface area contributed by atoms with Crippen molar-refractivity contribution in [3.63, 3.8) is 0 Å². The Morgan fingerprint density at radius 1 is 0.905 bits per heavy atom. The maximum Gasteiger partial charge on any atom is 0.103 e. The number of hydrogen-bond donors (Lipinski definition) is 0. The predicted octanol–water partition coefficient (Wildman–Crippen LogP) is 4.30. The second-order valence-corrected chi connectivity index (χ2v) is 10.2. The van der Waals surface area contributed by atoms with Crippen molar-refractivity contribution in [2.75, 3.05) is 6.61 Å². The molecule has 0 atom stereocenters. The fourth-order valence-corrected chi connectivity index (χ4v) is 4.26. The Balaban J connectivity index is 1.73. The molecule has 0 bridgehead atoms. The third-order valence-corrected chi connectivity index (χ3v) is 6.48. The van der Waals surface area contributed by atoms with Crippen LogP contribution in [0.15, 0.2) is 72.4 Å². The zero-order chi connectivity index (χ0) is 15.0. The van der Waals surface area contributed by atoms with Crippen molar-refractivity contribution < 1.29 is 4.74 Å². The van der Waals surface area contributed by atoms with Crippen molar-refractivity contribution >= 4 is 13.3 Å². The maximum atomic E-state index is 5.70. The van der Waals surface area contributed by atoms with E-state index in [1.807, 2.05) is 18.2 Å². The third kappa shape index (κ3) is 5.33. The second-order valence-electron chi connectivity index (χ2n) is 5.82. The van der Waals surface area contributed by atoms with Crippen LogP contribution in [0.4, 0.5) is 0 Å². The maximum absolute atomic E-state index is 5.70. The predicted molar refractivity (Wildman–Crippen MR) is 93.4 cm³/mol. The van der Waals surface area contributed by atoms with Crippen molar-refractivity contribution in [2.24, 2.45) is 0 Å². The largest absolute Gasteiger partial charge is 0.376 e. The molecular weight excluding hydrogens is 272 g/mol. The van der Waals surface area contributed by atoms with Crippen LogP contribution in [0.25, 0.3) is 0 Å². The van der Waals surface area contributed by atoms with Crippen LogP contribution in [0.1, 0.15) is 12.0 Å². The molecule has 1 nitrogen and oxygen atoms in total. The van der Waals surface area contributed by atoms with Crippen LogP contribution >= 0.6 is 0 Å². The highest BCUT2D eigenvalue weighted by Crippen LogP contribution is 2.06. The van der Waals surface area contributed by atoms with Crippen molar-refractivity contribution in [3.05, 3.63) is 78.0 Å². The molecule has 0 fully saturated rings. The quantitative estimate of drug-likeness (QED) is 0.546. The number of ether oxygens (including phenoxy) is 1. The van der Waals surface area contributed by atoms with Gasteiger partial charge in [0.2, 0.25) is 0 Å². The van der Waals surface area contributed by atoms with Gasteiger partial charge in [-0.15, -0.1) is 0 Å². The van der Waals surface area contributed by atoms with Gasteiger partial charge in [-0.05, 0) is 12.0 Å². The van der Waals surface area contributed by atoms with Gasteiger partial charge in [-0.1, -0.05) is 90.7 Å². The number of benzene rings is 2. The molecule has 110 valence electrons. The van der Waals surface area contributed by atoms with Crippen LogP contribution in [0.2, 0.25) is 13.1 Å². The Kier molecular flexibility index (Phi) is 5.97. The van der Waals surface area contributed by atoms with Crippen LogP contribution in [0, 0.1) is 0 Å². The van der Waals surface area contributed by atoms with Gasteiger partial charge in [-0.25, -0.2) is 0 Å². The third-order valence-electron chi connectivity index (χ3n) is 3.59. The SMILES string of the molecule is C[Si](C)(/C=C/CCOCc1ccccc1)c1ccccc1. The topological polar surface area (TPSA) is 9.23 Å². The minimum atomic E-state index is -1.44. The van der Waals surface area contributed by atoms with E-state index in [4.69, 9.17) is 4.74 Å². The van der Waals surface area contributed by atoms with Crippen LogP contribution in [-0.4, -0.2) is 14.7 Å². The van der Waals surface area contributed by atoms with E-state index in [0.717, 1.165) is 13.0 Å². The molecule has 2 rings (SSSR count). The normalized spacial score (nSPS) is 11.9. The van der Waals surface area contributed by atoms with Crippen molar-refractivity contribution in [1.29, 1.82) is 0 Å². The van der Waals surface area contributed by atoms with Gasteiger partial charge in [0.25, 0.3) is 0 Å². The summed E-state index contributed by atoms with van der Waals surface area (Å²) in [5.41, 5.74) is 3.65. The molecular formula is C19H24OSi. The molecule has 2 heteroatoms. The Labute approximate surface area is 129 Å². The summed E-state index contributed by atoms with van der Waals surface area (Å²) in [5.74, 6) is 0. The molecule has 0 saturated carbocycles. The molecule has 0 radical (unpaired) electrons. The van der Waals surface area contributed by atoms with E-state index >= 15 is 0 Å². The van der Waals surface area contributed by atoms with Crippen LogP contribution in [0.5, 0.6) is 0 Å². The van der Waals surface area contributed by atoms with E-state index in [-0.39, 0.29) is 0 Å².